The van der Waals surface area contributed by atoms with Gasteiger partial charge in [-0.2, -0.15) is 0 Å². The van der Waals surface area contributed by atoms with Crippen LogP contribution >= 0.6 is 0 Å². The number of H-pyrrole nitrogens is 1. The van der Waals surface area contributed by atoms with Gasteiger partial charge in [0.25, 0.3) is 5.56 Å². The Balaban J connectivity index is 1.57. The van der Waals surface area contributed by atoms with Crippen LogP contribution in [0.3, 0.4) is 0 Å². The Morgan fingerprint density at radius 2 is 1.59 bits per heavy atom. The molecule has 4 aromatic rings. The number of aromatic nitrogens is 2. The van der Waals surface area contributed by atoms with E-state index in [4.69, 9.17) is 0 Å². The van der Waals surface area contributed by atoms with E-state index in [1.165, 1.54) is 10.1 Å². The van der Waals surface area contributed by atoms with Gasteiger partial charge in [-0.3, -0.25) is 4.79 Å². The van der Waals surface area contributed by atoms with Gasteiger partial charge in [0.15, 0.2) is 0 Å². The Morgan fingerprint density at radius 3 is 2.24 bits per heavy atom. The van der Waals surface area contributed by atoms with Gasteiger partial charge < -0.3 is 14.5 Å². The molecule has 0 aliphatic carbocycles. The number of nitrogens with zero attached hydrogens (tertiary/aromatic N) is 2. The number of aromatic amines is 1. The molecule has 1 aliphatic rings. The fourth-order valence-electron chi connectivity index (χ4n) is 4.81. The first-order valence-electron chi connectivity index (χ1n) is 11.6. The highest BCUT2D eigenvalue weighted by molar-refractivity contribution is 7.91. The third-order valence-electron chi connectivity index (χ3n) is 6.97. The topological polar surface area (TPSA) is 75.2 Å². The maximum absolute atomic E-state index is 13.3. The van der Waals surface area contributed by atoms with Crippen LogP contribution in [0.5, 0.6) is 0 Å². The molecule has 1 saturated heterocycles. The van der Waals surface area contributed by atoms with E-state index in [1.807, 2.05) is 6.92 Å². The number of fused-ring (bicyclic) bond motifs is 1. The third-order valence-corrected chi connectivity index (χ3v) is 8.66. The van der Waals surface area contributed by atoms with Gasteiger partial charge in [-0.05, 0) is 75.1 Å². The molecule has 5 rings (SSSR count). The Kier molecular flexibility index (Phi) is 5.70. The van der Waals surface area contributed by atoms with Crippen molar-refractivity contribution < 1.29 is 8.42 Å². The minimum absolute atomic E-state index is 0.0267. The number of nitrogens with one attached hydrogen (secondary N) is 1. The number of hydrogen-bond donors (Lipinski definition) is 1. The minimum Gasteiger partial charge on any atom is -0.341 e. The number of hydrogen-bond acceptors (Lipinski definition) is 4. The summed E-state index contributed by atoms with van der Waals surface area (Å²) < 4.78 is 28.0. The van der Waals surface area contributed by atoms with Crippen molar-refractivity contribution in [3.8, 4) is 11.1 Å². The van der Waals surface area contributed by atoms with Crippen LogP contribution in [-0.2, 0) is 16.9 Å². The monoisotopic (exact) mass is 475 g/mol. The standard InChI is InChI=1S/C27H29N3O3S/c1-18-4-10-22(11-5-18)34(32,33)25-16-23-24(17-30(3)27(31)26(23)28-25)21-8-6-19(7-9-21)20-12-14-29(2)15-13-20/h4-11,16-17,20,28H,12-15H2,1-3H3. The van der Waals surface area contributed by atoms with Crippen LogP contribution in [-0.4, -0.2) is 43.0 Å². The van der Waals surface area contributed by atoms with Gasteiger partial charge in [-0.15, -0.1) is 0 Å². The van der Waals surface area contributed by atoms with E-state index < -0.39 is 9.84 Å². The van der Waals surface area contributed by atoms with Crippen molar-refractivity contribution in [2.45, 2.75) is 35.6 Å². The normalized spacial score (nSPS) is 15.7. The molecule has 1 N–H and O–H groups in total. The lowest BCUT2D eigenvalue weighted by Crippen LogP contribution is -2.29. The highest BCUT2D eigenvalue weighted by Crippen LogP contribution is 2.33. The van der Waals surface area contributed by atoms with Crippen molar-refractivity contribution in [2.24, 2.45) is 7.05 Å². The number of rotatable bonds is 4. The maximum Gasteiger partial charge on any atom is 0.274 e. The smallest absolute Gasteiger partial charge is 0.274 e. The molecule has 0 atom stereocenters. The van der Waals surface area contributed by atoms with Crippen LogP contribution in [0, 0.1) is 6.92 Å². The number of sulfone groups is 1. The average Bonchev–Trinajstić information content (AvgIpc) is 3.29. The Morgan fingerprint density at radius 1 is 0.941 bits per heavy atom. The first-order chi connectivity index (χ1) is 16.2. The summed E-state index contributed by atoms with van der Waals surface area (Å²) >= 11 is 0. The molecule has 0 amide bonds. The van der Waals surface area contributed by atoms with E-state index in [-0.39, 0.29) is 15.5 Å². The van der Waals surface area contributed by atoms with E-state index in [1.54, 1.807) is 43.6 Å². The molecule has 2 aromatic carbocycles. The molecule has 0 saturated carbocycles. The number of piperidine rings is 1. The summed E-state index contributed by atoms with van der Waals surface area (Å²) in [6, 6.07) is 16.8. The number of pyridine rings is 1. The van der Waals surface area contributed by atoms with Crippen LogP contribution in [0.4, 0.5) is 0 Å². The van der Waals surface area contributed by atoms with Gasteiger partial charge in [0.1, 0.15) is 10.5 Å². The molecule has 1 aliphatic heterocycles. The molecule has 0 radical (unpaired) electrons. The second-order valence-electron chi connectivity index (χ2n) is 9.40. The Bertz CT molecular complexity index is 1510. The third kappa shape index (κ3) is 3.99. The molecule has 7 heteroatoms. The van der Waals surface area contributed by atoms with E-state index in [0.717, 1.165) is 42.6 Å². The number of benzene rings is 2. The van der Waals surface area contributed by atoms with E-state index in [0.29, 0.717) is 16.8 Å². The first kappa shape index (κ1) is 22.6. The lowest BCUT2D eigenvalue weighted by Gasteiger charge is -2.29. The molecule has 0 spiro atoms. The van der Waals surface area contributed by atoms with Gasteiger partial charge in [-0.1, -0.05) is 42.0 Å². The second kappa shape index (κ2) is 8.56. The predicted molar refractivity (Wildman–Crippen MR) is 135 cm³/mol. The van der Waals surface area contributed by atoms with Crippen LogP contribution in [0.2, 0.25) is 0 Å². The van der Waals surface area contributed by atoms with Crippen molar-refractivity contribution in [3.05, 3.63) is 82.3 Å². The van der Waals surface area contributed by atoms with Crippen molar-refractivity contribution in [1.29, 1.82) is 0 Å². The Hall–Kier alpha value is -3.16. The molecule has 176 valence electrons. The molecule has 6 nitrogen and oxygen atoms in total. The van der Waals surface area contributed by atoms with Gasteiger partial charge in [0.05, 0.1) is 4.90 Å². The zero-order valence-corrected chi connectivity index (χ0v) is 20.5. The van der Waals surface area contributed by atoms with Gasteiger partial charge in [0, 0.05) is 24.2 Å². The highest BCUT2D eigenvalue weighted by atomic mass is 32.2. The van der Waals surface area contributed by atoms with Gasteiger partial charge >= 0.3 is 0 Å². The zero-order chi connectivity index (χ0) is 24.0. The van der Waals surface area contributed by atoms with Crippen molar-refractivity contribution >= 4 is 20.7 Å². The van der Waals surface area contributed by atoms with E-state index in [2.05, 4.69) is 41.2 Å². The predicted octanol–water partition coefficient (Wildman–Crippen LogP) is 4.48. The fourth-order valence-corrected chi connectivity index (χ4v) is 6.06. The quantitative estimate of drug-likeness (QED) is 0.472. The average molecular weight is 476 g/mol. The summed E-state index contributed by atoms with van der Waals surface area (Å²) in [7, 11) is 0.0692. The summed E-state index contributed by atoms with van der Waals surface area (Å²) in [4.78, 5) is 18.3. The zero-order valence-electron chi connectivity index (χ0n) is 19.7. The van der Waals surface area contributed by atoms with E-state index in [9.17, 15) is 13.2 Å². The molecular formula is C27H29N3O3S. The summed E-state index contributed by atoms with van der Waals surface area (Å²) in [5.41, 5.74) is 4.13. The molecule has 0 unspecified atom stereocenters. The van der Waals surface area contributed by atoms with Gasteiger partial charge in [0.2, 0.25) is 9.84 Å². The molecular weight excluding hydrogens is 446 g/mol. The first-order valence-corrected chi connectivity index (χ1v) is 13.1. The van der Waals surface area contributed by atoms with Crippen LogP contribution in [0.1, 0.15) is 29.9 Å². The summed E-state index contributed by atoms with van der Waals surface area (Å²) in [6.07, 6.45) is 4.08. The van der Waals surface area contributed by atoms with Gasteiger partial charge in [-0.25, -0.2) is 8.42 Å². The second-order valence-corrected chi connectivity index (χ2v) is 11.3. The van der Waals surface area contributed by atoms with Crippen LogP contribution < -0.4 is 5.56 Å². The summed E-state index contributed by atoms with van der Waals surface area (Å²) in [5.74, 6) is 0.559. The molecule has 34 heavy (non-hydrogen) atoms. The van der Waals surface area contributed by atoms with Crippen molar-refractivity contribution in [1.82, 2.24) is 14.5 Å². The summed E-state index contributed by atoms with van der Waals surface area (Å²) in [6.45, 7) is 4.12. The molecule has 0 bridgehead atoms. The fraction of sp³-hybridized carbons (Fsp3) is 0.296. The summed E-state index contributed by atoms with van der Waals surface area (Å²) in [5, 5.41) is 0.639. The number of likely N-dealkylation sites (tertiary alicyclic amines) is 1. The highest BCUT2D eigenvalue weighted by Gasteiger charge is 2.23. The minimum atomic E-state index is -3.78. The maximum atomic E-state index is 13.3. The van der Waals surface area contributed by atoms with Crippen LogP contribution in [0.15, 0.2) is 75.5 Å². The SMILES string of the molecule is Cc1ccc(S(=O)(=O)c2cc3c(-c4ccc(C5CCN(C)CC5)cc4)cn(C)c(=O)c3[nH]2)cc1. The molecule has 2 aromatic heterocycles. The van der Waals surface area contributed by atoms with Crippen molar-refractivity contribution in [2.75, 3.05) is 20.1 Å². The van der Waals surface area contributed by atoms with E-state index >= 15 is 0 Å². The molecule has 1 fully saturated rings. The van der Waals surface area contributed by atoms with Crippen LogP contribution in [0.25, 0.3) is 22.0 Å². The largest absolute Gasteiger partial charge is 0.341 e. The lowest BCUT2D eigenvalue weighted by atomic mass is 9.88. The van der Waals surface area contributed by atoms with Crippen molar-refractivity contribution in [3.63, 3.8) is 0 Å². The lowest BCUT2D eigenvalue weighted by molar-refractivity contribution is 0.255. The molecule has 3 heterocycles. The number of aryl methyl sites for hydroxylation is 2. The Labute approximate surface area is 199 Å².